The first-order valence-corrected chi connectivity index (χ1v) is 6.47. The van der Waals surface area contributed by atoms with Gasteiger partial charge in [0.15, 0.2) is 5.13 Å². The minimum absolute atomic E-state index is 0.303. The van der Waals surface area contributed by atoms with Crippen molar-refractivity contribution in [2.24, 2.45) is 0 Å². The number of nitrogens with one attached hydrogen (secondary N) is 1. The molecule has 0 aliphatic carbocycles. The third-order valence-electron chi connectivity index (χ3n) is 2.35. The quantitative estimate of drug-likeness (QED) is 0.859. The summed E-state index contributed by atoms with van der Waals surface area (Å²) < 4.78 is 0. The van der Waals surface area contributed by atoms with Gasteiger partial charge in [0.25, 0.3) is 0 Å². The Hall–Kier alpha value is -1.63. The van der Waals surface area contributed by atoms with E-state index in [1.165, 1.54) is 16.2 Å². The van der Waals surface area contributed by atoms with Crippen molar-refractivity contribution < 1.29 is 14.7 Å². The minimum Gasteiger partial charge on any atom is -0.480 e. The molecule has 0 aliphatic rings. The van der Waals surface area contributed by atoms with Crippen molar-refractivity contribution in [1.29, 1.82) is 0 Å². The van der Waals surface area contributed by atoms with Crippen LogP contribution < -0.4 is 5.32 Å². The predicted octanol–water partition coefficient (Wildman–Crippen LogP) is 2.09. The highest BCUT2D eigenvalue weighted by molar-refractivity contribution is 7.15. The fraction of sp³-hybridized carbons (Fsp3) is 0.545. The second kappa shape index (κ2) is 6.34. The van der Waals surface area contributed by atoms with Crippen LogP contribution in [0.4, 0.5) is 9.93 Å². The molecule has 6 nitrogen and oxygen atoms in total. The molecule has 18 heavy (non-hydrogen) atoms. The Balaban J connectivity index is 2.68. The van der Waals surface area contributed by atoms with E-state index in [2.05, 4.69) is 10.3 Å². The number of nitrogens with zero attached hydrogens (tertiary/aromatic N) is 2. The molecule has 0 spiro atoms. The summed E-state index contributed by atoms with van der Waals surface area (Å²) in [5.74, 6) is -1.02. The number of aromatic nitrogens is 1. The number of anilines is 1. The summed E-state index contributed by atoms with van der Waals surface area (Å²) in [7, 11) is 0. The zero-order valence-electron chi connectivity index (χ0n) is 10.7. The van der Waals surface area contributed by atoms with Gasteiger partial charge in [0.2, 0.25) is 0 Å². The van der Waals surface area contributed by atoms with E-state index in [9.17, 15) is 9.59 Å². The van der Waals surface area contributed by atoms with Crippen LogP contribution in [0.2, 0.25) is 0 Å². The van der Waals surface area contributed by atoms with Crippen molar-refractivity contribution in [1.82, 2.24) is 9.88 Å². The number of carboxylic acid groups (broad SMARTS) is 1. The van der Waals surface area contributed by atoms with Gasteiger partial charge in [-0.05, 0) is 20.3 Å². The van der Waals surface area contributed by atoms with Crippen LogP contribution in [-0.2, 0) is 4.79 Å². The van der Waals surface area contributed by atoms with Gasteiger partial charge >= 0.3 is 12.0 Å². The van der Waals surface area contributed by atoms with E-state index < -0.39 is 12.0 Å². The molecule has 100 valence electrons. The van der Waals surface area contributed by atoms with Gasteiger partial charge in [0.1, 0.15) is 6.54 Å². The van der Waals surface area contributed by atoms with Crippen LogP contribution in [-0.4, -0.2) is 40.1 Å². The lowest BCUT2D eigenvalue weighted by Gasteiger charge is -2.19. The molecule has 2 amide bonds. The molecule has 0 radical (unpaired) electrons. The van der Waals surface area contributed by atoms with Crippen molar-refractivity contribution in [3.05, 3.63) is 10.6 Å². The van der Waals surface area contributed by atoms with Gasteiger partial charge in [-0.1, -0.05) is 6.92 Å². The Kier molecular flexibility index (Phi) is 5.08. The normalized spacial score (nSPS) is 10.2. The largest absolute Gasteiger partial charge is 0.480 e. The van der Waals surface area contributed by atoms with Crippen LogP contribution in [0.25, 0.3) is 0 Å². The van der Waals surface area contributed by atoms with E-state index in [4.69, 9.17) is 5.11 Å². The Bertz CT molecular complexity index is 425. The molecule has 1 aromatic rings. The molecule has 0 unspecified atom stereocenters. The number of thiazole rings is 1. The number of aryl methyl sites for hydroxylation is 2. The Morgan fingerprint density at radius 3 is 2.56 bits per heavy atom. The van der Waals surface area contributed by atoms with Crippen LogP contribution in [0.15, 0.2) is 0 Å². The molecule has 0 aromatic carbocycles. The maximum absolute atomic E-state index is 11.9. The number of carboxylic acids is 1. The molecule has 1 heterocycles. The lowest BCUT2D eigenvalue weighted by Crippen LogP contribution is -2.39. The van der Waals surface area contributed by atoms with E-state index in [1.807, 2.05) is 20.8 Å². The second-order valence-electron chi connectivity index (χ2n) is 3.91. The van der Waals surface area contributed by atoms with E-state index >= 15 is 0 Å². The fourth-order valence-corrected chi connectivity index (χ4v) is 2.19. The van der Waals surface area contributed by atoms with Gasteiger partial charge in [0, 0.05) is 11.4 Å². The molecule has 0 fully saturated rings. The summed E-state index contributed by atoms with van der Waals surface area (Å²) in [5, 5.41) is 11.9. The summed E-state index contributed by atoms with van der Waals surface area (Å²) in [5.41, 5.74) is 0.871. The van der Waals surface area contributed by atoms with Crippen molar-refractivity contribution in [2.75, 3.05) is 18.4 Å². The van der Waals surface area contributed by atoms with Gasteiger partial charge in [-0.3, -0.25) is 10.1 Å². The Morgan fingerprint density at radius 1 is 1.44 bits per heavy atom. The number of urea groups is 1. The topological polar surface area (TPSA) is 82.5 Å². The van der Waals surface area contributed by atoms with E-state index in [1.54, 1.807) is 0 Å². The molecule has 0 saturated carbocycles. The standard InChI is InChI=1S/C11H17N3O3S/c1-4-5-14(6-9(15)16)11(17)13-10-12-7(2)8(3)18-10/h4-6H2,1-3H3,(H,15,16)(H,12,13,17). The number of amides is 2. The smallest absolute Gasteiger partial charge is 0.324 e. The zero-order valence-corrected chi connectivity index (χ0v) is 11.5. The van der Waals surface area contributed by atoms with Crippen molar-refractivity contribution in [3.63, 3.8) is 0 Å². The fourth-order valence-electron chi connectivity index (χ4n) is 1.38. The van der Waals surface area contributed by atoms with Crippen LogP contribution in [0.3, 0.4) is 0 Å². The van der Waals surface area contributed by atoms with E-state index in [0.717, 1.165) is 10.6 Å². The lowest BCUT2D eigenvalue weighted by molar-refractivity contribution is -0.137. The van der Waals surface area contributed by atoms with Gasteiger partial charge in [-0.15, -0.1) is 11.3 Å². The van der Waals surface area contributed by atoms with Crippen molar-refractivity contribution in [3.8, 4) is 0 Å². The highest BCUT2D eigenvalue weighted by Crippen LogP contribution is 2.21. The van der Waals surface area contributed by atoms with Crippen LogP contribution in [0.1, 0.15) is 23.9 Å². The molecule has 0 bridgehead atoms. The first-order chi connectivity index (χ1) is 8.43. The molecule has 0 aliphatic heterocycles. The van der Waals surface area contributed by atoms with Gasteiger partial charge < -0.3 is 10.0 Å². The highest BCUT2D eigenvalue weighted by Gasteiger charge is 2.17. The summed E-state index contributed by atoms with van der Waals surface area (Å²) in [6, 6.07) is -0.423. The predicted molar refractivity (Wildman–Crippen MR) is 70.1 cm³/mol. The summed E-state index contributed by atoms with van der Waals surface area (Å²) in [6.07, 6.45) is 0.705. The van der Waals surface area contributed by atoms with Crippen molar-refractivity contribution >= 4 is 28.5 Å². The third-order valence-corrected chi connectivity index (χ3v) is 3.34. The van der Waals surface area contributed by atoms with Crippen LogP contribution >= 0.6 is 11.3 Å². The van der Waals surface area contributed by atoms with Gasteiger partial charge in [-0.25, -0.2) is 9.78 Å². The first kappa shape index (κ1) is 14.4. The molecule has 7 heteroatoms. The molecule has 2 N–H and O–H groups in total. The molecule has 0 saturated heterocycles. The molecular weight excluding hydrogens is 254 g/mol. The third kappa shape index (κ3) is 3.99. The average Bonchev–Trinajstić information content (AvgIpc) is 2.56. The Morgan fingerprint density at radius 2 is 2.11 bits per heavy atom. The van der Waals surface area contributed by atoms with Gasteiger partial charge in [-0.2, -0.15) is 0 Å². The SMILES string of the molecule is CCCN(CC(=O)O)C(=O)Nc1nc(C)c(C)s1. The average molecular weight is 271 g/mol. The van der Waals surface area contributed by atoms with Gasteiger partial charge in [0.05, 0.1) is 5.69 Å². The monoisotopic (exact) mass is 271 g/mol. The lowest BCUT2D eigenvalue weighted by atomic mass is 10.4. The van der Waals surface area contributed by atoms with Crippen LogP contribution in [0.5, 0.6) is 0 Å². The summed E-state index contributed by atoms with van der Waals surface area (Å²) in [6.45, 7) is 5.77. The van der Waals surface area contributed by atoms with E-state index in [-0.39, 0.29) is 6.54 Å². The zero-order chi connectivity index (χ0) is 13.7. The highest BCUT2D eigenvalue weighted by atomic mass is 32.1. The molecule has 1 aromatic heterocycles. The molecular formula is C11H17N3O3S. The number of carbonyl (C=O) groups is 2. The number of hydrogen-bond donors (Lipinski definition) is 2. The maximum atomic E-state index is 11.9. The summed E-state index contributed by atoms with van der Waals surface area (Å²) in [4.78, 5) is 29.0. The minimum atomic E-state index is -1.02. The number of rotatable bonds is 5. The van der Waals surface area contributed by atoms with Crippen LogP contribution in [0, 0.1) is 13.8 Å². The van der Waals surface area contributed by atoms with Crippen molar-refractivity contribution in [2.45, 2.75) is 27.2 Å². The molecule has 1 rings (SSSR count). The summed E-state index contributed by atoms with van der Waals surface area (Å²) >= 11 is 1.38. The van der Waals surface area contributed by atoms with E-state index in [0.29, 0.717) is 18.1 Å². The first-order valence-electron chi connectivity index (χ1n) is 5.65. The maximum Gasteiger partial charge on any atom is 0.324 e. The number of carbonyl (C=O) groups excluding carboxylic acids is 1. The Labute approximate surface area is 110 Å². The number of aliphatic carboxylic acids is 1. The second-order valence-corrected chi connectivity index (χ2v) is 5.11. The molecule has 0 atom stereocenters. The number of hydrogen-bond acceptors (Lipinski definition) is 4.